The standard InChI is InChI=1S/C10H11ClN4O3S/c1-6-3-4-7(11)5-8(6)19(16,17)15-9-12-10(18-2)14-13-9/h3-5H,1-2H3,(H2,12,13,14,15). The van der Waals surface area contributed by atoms with Crippen LogP contribution in [0.2, 0.25) is 5.02 Å². The van der Waals surface area contributed by atoms with Crippen molar-refractivity contribution in [1.29, 1.82) is 0 Å². The van der Waals surface area contributed by atoms with Crippen molar-refractivity contribution < 1.29 is 13.2 Å². The Hall–Kier alpha value is -1.80. The lowest BCUT2D eigenvalue weighted by atomic mass is 10.2. The lowest BCUT2D eigenvalue weighted by molar-refractivity contribution is 0.382. The zero-order chi connectivity index (χ0) is 14.0. The number of H-pyrrole nitrogens is 1. The van der Waals surface area contributed by atoms with E-state index in [2.05, 4.69) is 19.9 Å². The van der Waals surface area contributed by atoms with E-state index < -0.39 is 10.0 Å². The average molecular weight is 303 g/mol. The highest BCUT2D eigenvalue weighted by molar-refractivity contribution is 7.92. The fourth-order valence-corrected chi connectivity index (χ4v) is 2.90. The van der Waals surface area contributed by atoms with Gasteiger partial charge in [0.25, 0.3) is 10.0 Å². The summed E-state index contributed by atoms with van der Waals surface area (Å²) in [5, 5.41) is 6.38. The fraction of sp³-hybridized carbons (Fsp3) is 0.200. The van der Waals surface area contributed by atoms with Gasteiger partial charge in [-0.3, -0.25) is 0 Å². The molecule has 1 aromatic carbocycles. The molecular formula is C10H11ClN4O3S. The monoisotopic (exact) mass is 302 g/mol. The average Bonchev–Trinajstić information content (AvgIpc) is 2.79. The van der Waals surface area contributed by atoms with E-state index in [-0.39, 0.29) is 16.9 Å². The molecule has 9 heteroatoms. The molecule has 0 saturated carbocycles. The normalized spacial score (nSPS) is 11.3. The van der Waals surface area contributed by atoms with Crippen LogP contribution < -0.4 is 9.46 Å². The largest absolute Gasteiger partial charge is 0.466 e. The fourth-order valence-electron chi connectivity index (χ4n) is 1.43. The smallest absolute Gasteiger partial charge is 0.336 e. The Morgan fingerprint density at radius 1 is 1.42 bits per heavy atom. The third-order valence-electron chi connectivity index (χ3n) is 2.32. The molecule has 0 aliphatic carbocycles. The SMILES string of the molecule is COc1n[nH]c(NS(=O)(=O)c2cc(Cl)ccc2C)n1. The van der Waals surface area contributed by atoms with E-state index in [1.807, 2.05) is 0 Å². The molecule has 0 saturated heterocycles. The summed E-state index contributed by atoms with van der Waals surface area (Å²) in [7, 11) is -2.41. The molecular weight excluding hydrogens is 292 g/mol. The van der Waals surface area contributed by atoms with Crippen molar-refractivity contribution in [3.05, 3.63) is 28.8 Å². The van der Waals surface area contributed by atoms with E-state index in [4.69, 9.17) is 16.3 Å². The topological polar surface area (TPSA) is 97.0 Å². The number of aromatic nitrogens is 3. The first-order valence-corrected chi connectivity index (χ1v) is 7.04. The predicted molar refractivity (Wildman–Crippen MR) is 69.9 cm³/mol. The molecule has 0 spiro atoms. The van der Waals surface area contributed by atoms with Crippen molar-refractivity contribution in [2.24, 2.45) is 0 Å². The number of benzene rings is 1. The van der Waals surface area contributed by atoms with Crippen LogP contribution in [0.1, 0.15) is 5.56 Å². The van der Waals surface area contributed by atoms with Crippen molar-refractivity contribution in [3.63, 3.8) is 0 Å². The number of nitrogens with zero attached hydrogens (tertiary/aromatic N) is 2. The van der Waals surface area contributed by atoms with Crippen molar-refractivity contribution in [3.8, 4) is 6.01 Å². The van der Waals surface area contributed by atoms with E-state index in [9.17, 15) is 8.42 Å². The van der Waals surface area contributed by atoms with Gasteiger partial charge in [0.15, 0.2) is 0 Å². The summed E-state index contributed by atoms with van der Waals surface area (Å²) < 4.78 is 31.4. The van der Waals surface area contributed by atoms with Crippen LogP contribution in [0, 0.1) is 6.92 Å². The van der Waals surface area contributed by atoms with Gasteiger partial charge in [-0.15, -0.1) is 5.10 Å². The molecule has 0 atom stereocenters. The predicted octanol–water partition coefficient (Wildman–Crippen LogP) is 1.58. The van der Waals surface area contributed by atoms with Crippen LogP contribution in [0.3, 0.4) is 0 Å². The summed E-state index contributed by atoms with van der Waals surface area (Å²) in [5.41, 5.74) is 0.573. The number of anilines is 1. The second kappa shape index (κ2) is 5.06. The molecule has 19 heavy (non-hydrogen) atoms. The number of hydrogen-bond acceptors (Lipinski definition) is 5. The Labute approximate surface area is 115 Å². The van der Waals surface area contributed by atoms with Crippen LogP contribution in [-0.4, -0.2) is 30.7 Å². The van der Waals surface area contributed by atoms with Crippen LogP contribution >= 0.6 is 11.6 Å². The van der Waals surface area contributed by atoms with Gasteiger partial charge in [-0.1, -0.05) is 17.7 Å². The van der Waals surface area contributed by atoms with Gasteiger partial charge in [-0.05, 0) is 24.6 Å². The number of ether oxygens (including phenoxy) is 1. The first kappa shape index (κ1) is 13.6. The summed E-state index contributed by atoms with van der Waals surface area (Å²) in [6.45, 7) is 1.67. The number of sulfonamides is 1. The molecule has 0 aliphatic heterocycles. The maximum absolute atomic E-state index is 12.2. The minimum Gasteiger partial charge on any atom is -0.466 e. The Balaban J connectivity index is 2.34. The van der Waals surface area contributed by atoms with E-state index in [0.717, 1.165) is 0 Å². The highest BCUT2D eigenvalue weighted by atomic mass is 35.5. The summed E-state index contributed by atoms with van der Waals surface area (Å²) in [6, 6.07) is 4.65. The zero-order valence-electron chi connectivity index (χ0n) is 10.1. The van der Waals surface area contributed by atoms with Crippen LogP contribution in [0.4, 0.5) is 5.95 Å². The quantitative estimate of drug-likeness (QED) is 0.893. The van der Waals surface area contributed by atoms with Gasteiger partial charge < -0.3 is 4.74 Å². The first-order chi connectivity index (χ1) is 8.92. The summed E-state index contributed by atoms with van der Waals surface area (Å²) in [4.78, 5) is 3.86. The molecule has 0 unspecified atom stereocenters. The molecule has 2 N–H and O–H groups in total. The third kappa shape index (κ3) is 2.96. The number of aryl methyl sites for hydroxylation is 1. The van der Waals surface area contributed by atoms with Crippen molar-refractivity contribution in [2.45, 2.75) is 11.8 Å². The van der Waals surface area contributed by atoms with Gasteiger partial charge in [-0.25, -0.2) is 18.2 Å². The van der Waals surface area contributed by atoms with Crippen LogP contribution in [0.5, 0.6) is 6.01 Å². The second-order valence-corrected chi connectivity index (χ2v) is 5.77. The van der Waals surface area contributed by atoms with Crippen molar-refractivity contribution in [2.75, 3.05) is 11.8 Å². The van der Waals surface area contributed by atoms with E-state index >= 15 is 0 Å². The lowest BCUT2D eigenvalue weighted by Gasteiger charge is -2.08. The molecule has 0 bridgehead atoms. The second-order valence-electron chi connectivity index (χ2n) is 3.69. The number of aromatic amines is 1. The Morgan fingerprint density at radius 2 is 2.16 bits per heavy atom. The van der Waals surface area contributed by atoms with Crippen LogP contribution in [-0.2, 0) is 10.0 Å². The van der Waals surface area contributed by atoms with Gasteiger partial charge >= 0.3 is 6.01 Å². The molecule has 1 aromatic heterocycles. The molecule has 2 aromatic rings. The van der Waals surface area contributed by atoms with Gasteiger partial charge in [0, 0.05) is 5.02 Å². The summed E-state index contributed by atoms with van der Waals surface area (Å²) in [6.07, 6.45) is 0. The number of methoxy groups -OCH3 is 1. The summed E-state index contributed by atoms with van der Waals surface area (Å²) >= 11 is 5.80. The summed E-state index contributed by atoms with van der Waals surface area (Å²) in [5.74, 6) is -0.0313. The van der Waals surface area contributed by atoms with Crippen LogP contribution in [0.25, 0.3) is 0 Å². The van der Waals surface area contributed by atoms with E-state index in [1.165, 1.54) is 13.2 Å². The van der Waals surface area contributed by atoms with E-state index in [1.54, 1.807) is 19.1 Å². The zero-order valence-corrected chi connectivity index (χ0v) is 11.7. The lowest BCUT2D eigenvalue weighted by Crippen LogP contribution is -2.15. The third-order valence-corrected chi connectivity index (χ3v) is 4.03. The van der Waals surface area contributed by atoms with Gasteiger partial charge in [0.2, 0.25) is 5.95 Å². The van der Waals surface area contributed by atoms with Crippen molar-refractivity contribution >= 4 is 27.6 Å². The minimum absolute atomic E-state index is 0.0313. The number of halogens is 1. The highest BCUT2D eigenvalue weighted by Crippen LogP contribution is 2.22. The Morgan fingerprint density at radius 3 is 2.79 bits per heavy atom. The number of hydrogen-bond donors (Lipinski definition) is 2. The molecule has 2 rings (SSSR count). The molecule has 0 aliphatic rings. The Bertz CT molecular complexity index is 699. The maximum Gasteiger partial charge on any atom is 0.336 e. The minimum atomic E-state index is -3.79. The maximum atomic E-state index is 12.2. The first-order valence-electron chi connectivity index (χ1n) is 5.18. The molecule has 0 amide bonds. The number of rotatable bonds is 4. The van der Waals surface area contributed by atoms with E-state index in [0.29, 0.717) is 10.6 Å². The highest BCUT2D eigenvalue weighted by Gasteiger charge is 2.19. The molecule has 1 heterocycles. The van der Waals surface area contributed by atoms with Gasteiger partial charge in [-0.2, -0.15) is 4.98 Å². The molecule has 7 nitrogen and oxygen atoms in total. The van der Waals surface area contributed by atoms with Gasteiger partial charge in [0.1, 0.15) is 0 Å². The Kier molecular flexibility index (Phi) is 3.63. The van der Waals surface area contributed by atoms with Gasteiger partial charge in [0.05, 0.1) is 12.0 Å². The number of nitrogens with one attached hydrogen (secondary N) is 2. The van der Waals surface area contributed by atoms with Crippen molar-refractivity contribution in [1.82, 2.24) is 15.2 Å². The van der Waals surface area contributed by atoms with Crippen LogP contribution in [0.15, 0.2) is 23.1 Å². The molecule has 0 radical (unpaired) electrons. The molecule has 102 valence electrons. The molecule has 0 fully saturated rings.